The van der Waals surface area contributed by atoms with E-state index in [1.54, 1.807) is 24.3 Å². The summed E-state index contributed by atoms with van der Waals surface area (Å²) in [6.45, 7) is 2.02. The van der Waals surface area contributed by atoms with E-state index >= 15 is 0 Å². The van der Waals surface area contributed by atoms with E-state index in [4.69, 9.17) is 4.42 Å². The molecule has 0 unspecified atom stereocenters. The molecule has 0 saturated carbocycles. The molecule has 6 heteroatoms. The van der Waals surface area contributed by atoms with E-state index in [2.05, 4.69) is 10.6 Å². The summed E-state index contributed by atoms with van der Waals surface area (Å²) in [6.07, 6.45) is 1.56. The lowest BCUT2D eigenvalue weighted by Crippen LogP contribution is -2.31. The molecule has 1 heterocycles. The van der Waals surface area contributed by atoms with Crippen LogP contribution < -0.4 is 10.6 Å². The lowest BCUT2D eigenvalue weighted by molar-refractivity contribution is -0.121. The summed E-state index contributed by atoms with van der Waals surface area (Å²) >= 11 is 0. The SMILES string of the molecule is C[C@@H](NC(=O)CCNC(=O)c1ccco1)c1ccc(F)cc1. The Bertz CT molecular complexity index is 623. The number of hydrogen-bond acceptors (Lipinski definition) is 3. The maximum absolute atomic E-state index is 12.8. The van der Waals surface area contributed by atoms with Crippen LogP contribution in [-0.4, -0.2) is 18.4 Å². The van der Waals surface area contributed by atoms with Gasteiger partial charge in [0.15, 0.2) is 5.76 Å². The van der Waals surface area contributed by atoms with Crippen LogP contribution in [0.4, 0.5) is 4.39 Å². The Morgan fingerprint density at radius 3 is 2.59 bits per heavy atom. The fourth-order valence-corrected chi connectivity index (χ4v) is 1.93. The fraction of sp³-hybridized carbons (Fsp3) is 0.250. The Hall–Kier alpha value is -2.63. The first-order valence-corrected chi connectivity index (χ1v) is 6.93. The monoisotopic (exact) mass is 304 g/mol. The summed E-state index contributed by atoms with van der Waals surface area (Å²) in [4.78, 5) is 23.4. The second-order valence-electron chi connectivity index (χ2n) is 4.82. The summed E-state index contributed by atoms with van der Waals surface area (Å²) in [5, 5.41) is 5.38. The Morgan fingerprint density at radius 1 is 1.23 bits per heavy atom. The van der Waals surface area contributed by atoms with Gasteiger partial charge in [-0.1, -0.05) is 12.1 Å². The van der Waals surface area contributed by atoms with Gasteiger partial charge in [0.2, 0.25) is 5.91 Å². The predicted molar refractivity (Wildman–Crippen MR) is 78.6 cm³/mol. The topological polar surface area (TPSA) is 71.3 Å². The molecule has 2 N–H and O–H groups in total. The first-order valence-electron chi connectivity index (χ1n) is 6.93. The molecule has 2 amide bonds. The zero-order valence-corrected chi connectivity index (χ0v) is 12.1. The molecule has 0 bridgehead atoms. The van der Waals surface area contributed by atoms with Crippen LogP contribution in [0.5, 0.6) is 0 Å². The van der Waals surface area contributed by atoms with Crippen LogP contribution >= 0.6 is 0 Å². The van der Waals surface area contributed by atoms with Crippen LogP contribution in [0.3, 0.4) is 0 Å². The minimum atomic E-state index is -0.357. The van der Waals surface area contributed by atoms with Crippen LogP contribution in [0, 0.1) is 5.82 Å². The normalized spacial score (nSPS) is 11.7. The Morgan fingerprint density at radius 2 is 1.95 bits per heavy atom. The van der Waals surface area contributed by atoms with Gasteiger partial charge in [-0.3, -0.25) is 9.59 Å². The van der Waals surface area contributed by atoms with Crippen molar-refractivity contribution in [1.29, 1.82) is 0 Å². The lowest BCUT2D eigenvalue weighted by atomic mass is 10.1. The Balaban J connectivity index is 1.73. The van der Waals surface area contributed by atoms with Crippen LogP contribution in [-0.2, 0) is 4.79 Å². The third-order valence-corrected chi connectivity index (χ3v) is 3.13. The summed E-state index contributed by atoms with van der Waals surface area (Å²) in [7, 11) is 0. The third kappa shape index (κ3) is 4.44. The molecule has 0 fully saturated rings. The quantitative estimate of drug-likeness (QED) is 0.861. The lowest BCUT2D eigenvalue weighted by Gasteiger charge is -2.14. The van der Waals surface area contributed by atoms with Gasteiger partial charge >= 0.3 is 0 Å². The first-order chi connectivity index (χ1) is 10.6. The smallest absolute Gasteiger partial charge is 0.286 e. The molecule has 5 nitrogen and oxygen atoms in total. The molecule has 1 aromatic heterocycles. The molecule has 0 aliphatic heterocycles. The van der Waals surface area contributed by atoms with Gasteiger partial charge in [0.1, 0.15) is 5.82 Å². The number of benzene rings is 1. The van der Waals surface area contributed by atoms with Gasteiger partial charge in [-0.2, -0.15) is 0 Å². The van der Waals surface area contributed by atoms with Gasteiger partial charge < -0.3 is 15.1 Å². The summed E-state index contributed by atoms with van der Waals surface area (Å²) in [5.74, 6) is -0.663. The highest BCUT2D eigenvalue weighted by atomic mass is 19.1. The van der Waals surface area contributed by atoms with Crippen LogP contribution in [0.2, 0.25) is 0 Å². The van der Waals surface area contributed by atoms with E-state index in [1.807, 2.05) is 6.92 Å². The highest BCUT2D eigenvalue weighted by molar-refractivity contribution is 5.91. The Labute approximate surface area is 127 Å². The van der Waals surface area contributed by atoms with E-state index in [-0.39, 0.29) is 42.4 Å². The van der Waals surface area contributed by atoms with Crippen molar-refractivity contribution in [3.05, 3.63) is 59.8 Å². The molecule has 1 aromatic carbocycles. The van der Waals surface area contributed by atoms with Gasteiger partial charge in [0.05, 0.1) is 12.3 Å². The molecule has 2 aromatic rings. The number of amides is 2. The van der Waals surface area contributed by atoms with Crippen molar-refractivity contribution in [3.8, 4) is 0 Å². The second-order valence-corrected chi connectivity index (χ2v) is 4.82. The van der Waals surface area contributed by atoms with Crippen molar-refractivity contribution in [1.82, 2.24) is 10.6 Å². The number of carbonyl (C=O) groups excluding carboxylic acids is 2. The van der Waals surface area contributed by atoms with E-state index in [1.165, 1.54) is 18.4 Å². The third-order valence-electron chi connectivity index (χ3n) is 3.13. The molecule has 1 atom stereocenters. The van der Waals surface area contributed by atoms with Gasteiger partial charge in [0, 0.05) is 13.0 Å². The molecule has 0 aliphatic rings. The number of halogens is 1. The Kier molecular flexibility index (Phi) is 5.30. The van der Waals surface area contributed by atoms with Crippen molar-refractivity contribution in [2.45, 2.75) is 19.4 Å². The van der Waals surface area contributed by atoms with Gasteiger partial charge in [0.25, 0.3) is 5.91 Å². The second kappa shape index (κ2) is 7.40. The summed E-state index contributed by atoms with van der Waals surface area (Å²) < 4.78 is 17.8. The maximum atomic E-state index is 12.8. The number of rotatable bonds is 6. The predicted octanol–water partition coefficient (Wildman–Crippen LogP) is 2.42. The number of nitrogens with one attached hydrogen (secondary N) is 2. The minimum absolute atomic E-state index is 0.151. The summed E-state index contributed by atoms with van der Waals surface area (Å²) in [5.41, 5.74) is 0.814. The van der Waals surface area contributed by atoms with E-state index < -0.39 is 0 Å². The number of furan rings is 1. The average Bonchev–Trinajstić information content (AvgIpc) is 3.02. The highest BCUT2D eigenvalue weighted by Gasteiger charge is 2.11. The van der Waals surface area contributed by atoms with Crippen molar-refractivity contribution < 1.29 is 18.4 Å². The fourth-order valence-electron chi connectivity index (χ4n) is 1.93. The number of carbonyl (C=O) groups is 2. The standard InChI is InChI=1S/C16H17FN2O3/c1-11(12-4-6-13(17)7-5-12)19-15(20)8-9-18-16(21)14-3-2-10-22-14/h2-7,10-11H,8-9H2,1H3,(H,18,21)(H,19,20)/t11-/m1/s1. The van der Waals surface area contributed by atoms with Crippen LogP contribution in [0.25, 0.3) is 0 Å². The molecule has 2 rings (SSSR count). The molecule has 0 aliphatic carbocycles. The van der Waals surface area contributed by atoms with Gasteiger partial charge in [-0.05, 0) is 36.8 Å². The van der Waals surface area contributed by atoms with Crippen molar-refractivity contribution >= 4 is 11.8 Å². The van der Waals surface area contributed by atoms with E-state index in [0.29, 0.717) is 0 Å². The highest BCUT2D eigenvalue weighted by Crippen LogP contribution is 2.12. The van der Waals surface area contributed by atoms with Crippen molar-refractivity contribution in [2.24, 2.45) is 0 Å². The van der Waals surface area contributed by atoms with Crippen LogP contribution in [0.1, 0.15) is 35.5 Å². The first kappa shape index (κ1) is 15.8. The van der Waals surface area contributed by atoms with Crippen molar-refractivity contribution in [2.75, 3.05) is 6.54 Å². The molecule has 0 saturated heterocycles. The molecule has 0 spiro atoms. The maximum Gasteiger partial charge on any atom is 0.286 e. The van der Waals surface area contributed by atoms with E-state index in [9.17, 15) is 14.0 Å². The molecule has 0 radical (unpaired) electrons. The number of hydrogen-bond donors (Lipinski definition) is 2. The molecular weight excluding hydrogens is 287 g/mol. The average molecular weight is 304 g/mol. The van der Waals surface area contributed by atoms with Gasteiger partial charge in [-0.15, -0.1) is 0 Å². The van der Waals surface area contributed by atoms with Crippen LogP contribution in [0.15, 0.2) is 47.1 Å². The molecular formula is C16H17FN2O3. The minimum Gasteiger partial charge on any atom is -0.459 e. The van der Waals surface area contributed by atoms with Gasteiger partial charge in [-0.25, -0.2) is 4.39 Å². The summed E-state index contributed by atoms with van der Waals surface area (Å²) in [6, 6.07) is 8.88. The zero-order chi connectivity index (χ0) is 15.9. The largest absolute Gasteiger partial charge is 0.459 e. The van der Waals surface area contributed by atoms with E-state index in [0.717, 1.165) is 5.56 Å². The molecule has 116 valence electrons. The van der Waals surface area contributed by atoms with Crippen molar-refractivity contribution in [3.63, 3.8) is 0 Å². The molecule has 22 heavy (non-hydrogen) atoms. The zero-order valence-electron chi connectivity index (χ0n) is 12.1.